The fraction of sp³-hybridized carbons (Fsp3) is 0.133. The van der Waals surface area contributed by atoms with Crippen LogP contribution in [0.15, 0.2) is 30.3 Å². The molecule has 2 aromatic rings. The Kier molecular flexibility index (Phi) is 5.15. The van der Waals surface area contributed by atoms with Crippen LogP contribution in [0.5, 0.6) is 0 Å². The van der Waals surface area contributed by atoms with Gasteiger partial charge in [0.15, 0.2) is 0 Å². The summed E-state index contributed by atoms with van der Waals surface area (Å²) in [5.41, 5.74) is 0.660. The molecule has 0 atom stereocenters. The van der Waals surface area contributed by atoms with E-state index in [1.54, 1.807) is 11.3 Å². The fourth-order valence-corrected chi connectivity index (χ4v) is 2.75. The molecular weight excluding hydrogens is 322 g/mol. The van der Waals surface area contributed by atoms with Gasteiger partial charge in [-0.2, -0.15) is 5.26 Å². The number of carbonyl (C=O) groups excluding carboxylic acids is 2. The molecule has 2 amide bonds. The van der Waals surface area contributed by atoms with Crippen LogP contribution in [-0.4, -0.2) is 11.8 Å². The van der Waals surface area contributed by atoms with Crippen molar-refractivity contribution in [2.45, 2.75) is 13.5 Å². The fourth-order valence-electron chi connectivity index (χ4n) is 1.70. The first-order valence-corrected chi connectivity index (χ1v) is 7.53. The van der Waals surface area contributed by atoms with Crippen molar-refractivity contribution in [3.05, 3.63) is 50.7 Å². The second-order valence-electron chi connectivity index (χ2n) is 4.46. The van der Waals surface area contributed by atoms with Crippen LogP contribution in [0.3, 0.4) is 0 Å². The monoisotopic (exact) mass is 333 g/mol. The SMILES string of the molecule is Cc1ccc(CNC(=O)C(=O)Nc2ccc(C#N)c(Cl)c2)s1. The molecule has 0 unspecified atom stereocenters. The number of nitrogens with one attached hydrogen (secondary N) is 2. The Morgan fingerprint density at radius 3 is 2.64 bits per heavy atom. The lowest BCUT2D eigenvalue weighted by Gasteiger charge is -2.06. The van der Waals surface area contributed by atoms with Crippen LogP contribution >= 0.6 is 22.9 Å². The molecule has 0 aliphatic carbocycles. The van der Waals surface area contributed by atoms with E-state index in [4.69, 9.17) is 16.9 Å². The number of carbonyl (C=O) groups is 2. The first kappa shape index (κ1) is 16.0. The first-order chi connectivity index (χ1) is 10.5. The number of anilines is 1. The average Bonchev–Trinajstić information content (AvgIpc) is 2.90. The van der Waals surface area contributed by atoms with Crippen molar-refractivity contribution in [3.8, 4) is 6.07 Å². The molecule has 1 heterocycles. The van der Waals surface area contributed by atoms with Gasteiger partial charge in [0.2, 0.25) is 0 Å². The molecule has 0 saturated carbocycles. The van der Waals surface area contributed by atoms with Gasteiger partial charge in [-0.1, -0.05) is 11.6 Å². The van der Waals surface area contributed by atoms with Crippen LogP contribution in [-0.2, 0) is 16.1 Å². The lowest BCUT2D eigenvalue weighted by Crippen LogP contribution is -2.34. The van der Waals surface area contributed by atoms with E-state index < -0.39 is 11.8 Å². The molecule has 0 radical (unpaired) electrons. The number of halogens is 1. The number of amides is 2. The zero-order chi connectivity index (χ0) is 16.1. The molecule has 0 aliphatic rings. The number of nitrogens with zero attached hydrogens (tertiary/aromatic N) is 1. The number of aryl methyl sites for hydroxylation is 1. The Labute approximate surface area is 136 Å². The summed E-state index contributed by atoms with van der Waals surface area (Å²) in [5.74, 6) is -1.51. The van der Waals surface area contributed by atoms with Crippen molar-refractivity contribution in [2.24, 2.45) is 0 Å². The molecule has 112 valence electrons. The van der Waals surface area contributed by atoms with Crippen molar-refractivity contribution in [3.63, 3.8) is 0 Å². The standard InChI is InChI=1S/C15H12ClN3O2S/c1-9-2-5-12(22-9)8-18-14(20)15(21)19-11-4-3-10(7-17)13(16)6-11/h2-6H,8H2,1H3,(H,18,20)(H,19,21). The number of thiophene rings is 1. The molecule has 0 bridgehead atoms. The summed E-state index contributed by atoms with van der Waals surface area (Å²) >= 11 is 7.42. The molecule has 1 aromatic carbocycles. The topological polar surface area (TPSA) is 82.0 Å². The van der Waals surface area contributed by atoms with E-state index in [0.717, 1.165) is 9.75 Å². The molecule has 2 rings (SSSR count). The Bertz CT molecular complexity index is 764. The summed E-state index contributed by atoms with van der Waals surface area (Å²) in [5, 5.41) is 14.0. The smallest absolute Gasteiger partial charge is 0.313 e. The Morgan fingerprint density at radius 2 is 2.05 bits per heavy atom. The van der Waals surface area contributed by atoms with E-state index in [0.29, 0.717) is 17.8 Å². The number of hydrogen-bond acceptors (Lipinski definition) is 4. The minimum Gasteiger partial charge on any atom is -0.343 e. The molecular formula is C15H12ClN3O2S. The van der Waals surface area contributed by atoms with Gasteiger partial charge in [-0.3, -0.25) is 9.59 Å². The lowest BCUT2D eigenvalue weighted by molar-refractivity contribution is -0.136. The molecule has 0 fully saturated rings. The number of benzene rings is 1. The highest BCUT2D eigenvalue weighted by Crippen LogP contribution is 2.20. The second kappa shape index (κ2) is 7.07. The molecule has 7 heteroatoms. The molecule has 0 spiro atoms. The van der Waals surface area contributed by atoms with Gasteiger partial charge < -0.3 is 10.6 Å². The number of rotatable bonds is 3. The summed E-state index contributed by atoms with van der Waals surface area (Å²) in [7, 11) is 0. The maximum absolute atomic E-state index is 11.8. The second-order valence-corrected chi connectivity index (χ2v) is 6.24. The van der Waals surface area contributed by atoms with E-state index >= 15 is 0 Å². The minimum absolute atomic E-state index is 0.217. The summed E-state index contributed by atoms with van der Waals surface area (Å²) in [6.45, 7) is 2.27. The van der Waals surface area contributed by atoms with Crippen LogP contribution in [0.4, 0.5) is 5.69 Å². The van der Waals surface area contributed by atoms with Crippen LogP contribution in [0.1, 0.15) is 15.3 Å². The minimum atomic E-state index is -0.783. The van der Waals surface area contributed by atoms with Gasteiger partial charge >= 0.3 is 11.8 Å². The average molecular weight is 334 g/mol. The van der Waals surface area contributed by atoms with Crippen LogP contribution in [0, 0.1) is 18.3 Å². The molecule has 5 nitrogen and oxygen atoms in total. The molecule has 0 aliphatic heterocycles. The molecule has 2 N–H and O–H groups in total. The van der Waals surface area contributed by atoms with Crippen LogP contribution in [0.25, 0.3) is 0 Å². The van der Waals surface area contributed by atoms with Crippen molar-refractivity contribution in [1.29, 1.82) is 5.26 Å². The lowest BCUT2D eigenvalue weighted by atomic mass is 10.2. The van der Waals surface area contributed by atoms with Crippen molar-refractivity contribution in [2.75, 3.05) is 5.32 Å². The highest BCUT2D eigenvalue weighted by atomic mass is 35.5. The zero-order valence-corrected chi connectivity index (χ0v) is 13.2. The van der Waals surface area contributed by atoms with Gasteiger partial charge in [-0.15, -0.1) is 11.3 Å². The normalized spacial score (nSPS) is 9.86. The van der Waals surface area contributed by atoms with E-state index in [2.05, 4.69) is 10.6 Å². The summed E-state index contributed by atoms with van der Waals surface area (Å²) in [6.07, 6.45) is 0. The van der Waals surface area contributed by atoms with E-state index in [-0.39, 0.29) is 5.02 Å². The zero-order valence-electron chi connectivity index (χ0n) is 11.6. The quantitative estimate of drug-likeness (QED) is 0.847. The third-order valence-corrected chi connectivity index (χ3v) is 4.09. The van der Waals surface area contributed by atoms with Gasteiger partial charge in [0.05, 0.1) is 17.1 Å². The third-order valence-electron chi connectivity index (χ3n) is 2.77. The Hall–Kier alpha value is -2.36. The van der Waals surface area contributed by atoms with Gasteiger partial charge in [0.1, 0.15) is 6.07 Å². The van der Waals surface area contributed by atoms with Gasteiger partial charge in [-0.05, 0) is 37.3 Å². The summed E-state index contributed by atoms with van der Waals surface area (Å²) in [4.78, 5) is 25.6. The van der Waals surface area contributed by atoms with Gasteiger partial charge in [0.25, 0.3) is 0 Å². The number of nitriles is 1. The van der Waals surface area contributed by atoms with E-state index in [1.165, 1.54) is 18.2 Å². The van der Waals surface area contributed by atoms with Gasteiger partial charge in [0, 0.05) is 15.4 Å². The summed E-state index contributed by atoms with van der Waals surface area (Å²) in [6, 6.07) is 10.2. The van der Waals surface area contributed by atoms with Crippen molar-refractivity contribution < 1.29 is 9.59 Å². The Balaban J connectivity index is 1.92. The number of hydrogen-bond donors (Lipinski definition) is 2. The van der Waals surface area contributed by atoms with Crippen LogP contribution < -0.4 is 10.6 Å². The summed E-state index contributed by atoms with van der Waals surface area (Å²) < 4.78 is 0. The van der Waals surface area contributed by atoms with E-state index in [9.17, 15) is 9.59 Å². The van der Waals surface area contributed by atoms with Crippen LogP contribution in [0.2, 0.25) is 5.02 Å². The maximum Gasteiger partial charge on any atom is 0.313 e. The maximum atomic E-state index is 11.8. The first-order valence-electron chi connectivity index (χ1n) is 6.33. The molecule has 0 saturated heterocycles. The largest absolute Gasteiger partial charge is 0.343 e. The highest BCUT2D eigenvalue weighted by molar-refractivity contribution is 7.11. The predicted molar refractivity (Wildman–Crippen MR) is 85.7 cm³/mol. The molecule has 1 aromatic heterocycles. The van der Waals surface area contributed by atoms with Gasteiger partial charge in [-0.25, -0.2) is 0 Å². The Morgan fingerprint density at radius 1 is 1.27 bits per heavy atom. The highest BCUT2D eigenvalue weighted by Gasteiger charge is 2.14. The van der Waals surface area contributed by atoms with E-state index in [1.807, 2.05) is 25.1 Å². The third kappa shape index (κ3) is 4.07. The predicted octanol–water partition coefficient (Wildman–Crippen LogP) is 2.84. The molecule has 22 heavy (non-hydrogen) atoms. The van der Waals surface area contributed by atoms with Crippen molar-refractivity contribution in [1.82, 2.24) is 5.32 Å². The van der Waals surface area contributed by atoms with Crippen molar-refractivity contribution >= 4 is 40.4 Å².